The Morgan fingerprint density at radius 1 is 1.29 bits per heavy atom. The third-order valence-corrected chi connectivity index (χ3v) is 4.08. The fraction of sp³-hybridized carbons (Fsp3) is 0.133. The molecule has 108 valence electrons. The van der Waals surface area contributed by atoms with Crippen LogP contribution in [0, 0.1) is 18.8 Å². The number of aromatic nitrogens is 1. The van der Waals surface area contributed by atoms with E-state index in [0.717, 1.165) is 5.56 Å². The SMILES string of the molecule is Cc1ccccc1NS(=O)(=O)c1cncc(C#CCN)c1. The third kappa shape index (κ3) is 3.81. The molecular formula is C15H15N3O2S. The van der Waals surface area contributed by atoms with Gasteiger partial charge in [-0.15, -0.1) is 0 Å². The molecule has 2 aromatic rings. The van der Waals surface area contributed by atoms with E-state index in [1.54, 1.807) is 12.1 Å². The summed E-state index contributed by atoms with van der Waals surface area (Å²) in [4.78, 5) is 3.97. The minimum absolute atomic E-state index is 0.0644. The second kappa shape index (κ2) is 6.39. The third-order valence-electron chi connectivity index (χ3n) is 2.75. The smallest absolute Gasteiger partial charge is 0.263 e. The van der Waals surface area contributed by atoms with Crippen LogP contribution in [-0.4, -0.2) is 19.9 Å². The van der Waals surface area contributed by atoms with Crippen molar-refractivity contribution in [3.8, 4) is 11.8 Å². The molecule has 0 spiro atoms. The lowest BCUT2D eigenvalue weighted by atomic mass is 10.2. The Hall–Kier alpha value is -2.36. The Morgan fingerprint density at radius 3 is 2.76 bits per heavy atom. The van der Waals surface area contributed by atoms with Gasteiger partial charge in [0.05, 0.1) is 12.2 Å². The maximum absolute atomic E-state index is 12.4. The maximum Gasteiger partial charge on any atom is 0.263 e. The Bertz CT molecular complexity index is 805. The van der Waals surface area contributed by atoms with Crippen LogP contribution in [0.25, 0.3) is 0 Å². The van der Waals surface area contributed by atoms with Crippen molar-refractivity contribution >= 4 is 15.7 Å². The number of sulfonamides is 1. The van der Waals surface area contributed by atoms with Crippen LogP contribution >= 0.6 is 0 Å². The van der Waals surface area contributed by atoms with Crippen molar-refractivity contribution in [1.82, 2.24) is 4.98 Å². The van der Waals surface area contributed by atoms with Crippen LogP contribution in [0.5, 0.6) is 0 Å². The van der Waals surface area contributed by atoms with Crippen molar-refractivity contribution in [2.75, 3.05) is 11.3 Å². The Balaban J connectivity index is 2.34. The van der Waals surface area contributed by atoms with Crippen molar-refractivity contribution in [3.63, 3.8) is 0 Å². The van der Waals surface area contributed by atoms with Gasteiger partial charge in [-0.2, -0.15) is 0 Å². The predicted molar refractivity (Wildman–Crippen MR) is 82.2 cm³/mol. The number of para-hydroxylation sites is 1. The molecule has 0 saturated heterocycles. The Kier molecular flexibility index (Phi) is 4.58. The van der Waals surface area contributed by atoms with E-state index in [-0.39, 0.29) is 11.4 Å². The largest absolute Gasteiger partial charge is 0.320 e. The van der Waals surface area contributed by atoms with Gasteiger partial charge in [0.25, 0.3) is 10.0 Å². The normalized spacial score (nSPS) is 10.6. The van der Waals surface area contributed by atoms with E-state index in [9.17, 15) is 8.42 Å². The summed E-state index contributed by atoms with van der Waals surface area (Å²) >= 11 is 0. The number of aryl methyl sites for hydroxylation is 1. The molecule has 0 amide bonds. The van der Waals surface area contributed by atoms with E-state index in [2.05, 4.69) is 21.5 Å². The molecule has 0 atom stereocenters. The van der Waals surface area contributed by atoms with Gasteiger partial charge < -0.3 is 5.73 Å². The standard InChI is InChI=1S/C15H15N3O2S/c1-12-5-2-3-7-15(12)18-21(19,20)14-9-13(6-4-8-16)10-17-11-14/h2-3,5,7,9-11,18H,8,16H2,1H3. The summed E-state index contributed by atoms with van der Waals surface area (Å²) in [6.45, 7) is 2.04. The molecular weight excluding hydrogens is 286 g/mol. The summed E-state index contributed by atoms with van der Waals surface area (Å²) in [5.74, 6) is 5.43. The lowest BCUT2D eigenvalue weighted by Gasteiger charge is -2.10. The first-order valence-electron chi connectivity index (χ1n) is 6.25. The zero-order valence-corrected chi connectivity index (χ0v) is 12.3. The zero-order chi connectivity index (χ0) is 15.3. The molecule has 0 aliphatic carbocycles. The molecule has 6 heteroatoms. The van der Waals surface area contributed by atoms with Gasteiger partial charge in [-0.3, -0.25) is 9.71 Å². The molecule has 3 N–H and O–H groups in total. The van der Waals surface area contributed by atoms with Crippen LogP contribution < -0.4 is 10.5 Å². The summed E-state index contributed by atoms with van der Waals surface area (Å²) < 4.78 is 27.3. The fourth-order valence-corrected chi connectivity index (χ4v) is 2.80. The first-order valence-corrected chi connectivity index (χ1v) is 7.73. The highest BCUT2D eigenvalue weighted by atomic mass is 32.2. The van der Waals surface area contributed by atoms with Gasteiger partial charge in [-0.1, -0.05) is 30.0 Å². The summed E-state index contributed by atoms with van der Waals surface area (Å²) in [7, 11) is -3.69. The number of nitrogens with zero attached hydrogens (tertiary/aromatic N) is 1. The van der Waals surface area contributed by atoms with E-state index in [1.165, 1.54) is 18.5 Å². The Labute approximate surface area is 124 Å². The lowest BCUT2D eigenvalue weighted by Crippen LogP contribution is -2.14. The summed E-state index contributed by atoms with van der Waals surface area (Å²) in [6, 6.07) is 8.62. The van der Waals surface area contributed by atoms with Crippen LogP contribution in [0.3, 0.4) is 0 Å². The van der Waals surface area contributed by atoms with Crippen LogP contribution in [-0.2, 0) is 10.0 Å². The van der Waals surface area contributed by atoms with Crippen LogP contribution in [0.2, 0.25) is 0 Å². The minimum atomic E-state index is -3.69. The average Bonchev–Trinajstić information content (AvgIpc) is 2.48. The van der Waals surface area contributed by atoms with Crippen LogP contribution in [0.4, 0.5) is 5.69 Å². The first kappa shape index (κ1) is 15.0. The first-order chi connectivity index (χ1) is 10.0. The van der Waals surface area contributed by atoms with Gasteiger partial charge in [0, 0.05) is 18.0 Å². The van der Waals surface area contributed by atoms with Gasteiger partial charge in [0.15, 0.2) is 0 Å². The lowest BCUT2D eigenvalue weighted by molar-refractivity contribution is 0.600. The summed E-state index contributed by atoms with van der Waals surface area (Å²) in [5.41, 5.74) is 7.18. The zero-order valence-electron chi connectivity index (χ0n) is 11.5. The minimum Gasteiger partial charge on any atom is -0.320 e. The van der Waals surface area contributed by atoms with E-state index >= 15 is 0 Å². The average molecular weight is 301 g/mol. The molecule has 0 aliphatic heterocycles. The predicted octanol–water partition coefficient (Wildman–Crippen LogP) is 1.50. The van der Waals surface area contributed by atoms with Crippen LogP contribution in [0.15, 0.2) is 47.6 Å². The number of hydrogen-bond donors (Lipinski definition) is 2. The molecule has 0 saturated carbocycles. The second-order valence-electron chi connectivity index (χ2n) is 4.34. The summed E-state index contributed by atoms with van der Waals surface area (Å²) in [5, 5.41) is 0. The monoisotopic (exact) mass is 301 g/mol. The van der Waals surface area contributed by atoms with Gasteiger partial charge in [-0.25, -0.2) is 8.42 Å². The molecule has 0 radical (unpaired) electrons. The van der Waals surface area contributed by atoms with Gasteiger partial charge in [0.1, 0.15) is 4.90 Å². The number of nitrogens with one attached hydrogen (secondary N) is 1. The van der Waals surface area contributed by atoms with Crippen molar-refractivity contribution in [2.45, 2.75) is 11.8 Å². The van der Waals surface area contributed by atoms with Crippen molar-refractivity contribution in [1.29, 1.82) is 0 Å². The molecule has 0 fully saturated rings. The number of anilines is 1. The maximum atomic E-state index is 12.4. The summed E-state index contributed by atoms with van der Waals surface area (Å²) in [6.07, 6.45) is 2.78. The number of hydrogen-bond acceptors (Lipinski definition) is 4. The number of pyridine rings is 1. The van der Waals surface area contributed by atoms with Crippen molar-refractivity contribution in [2.24, 2.45) is 5.73 Å². The molecule has 0 bridgehead atoms. The van der Waals surface area contributed by atoms with E-state index < -0.39 is 10.0 Å². The van der Waals surface area contributed by atoms with Crippen LogP contribution in [0.1, 0.15) is 11.1 Å². The van der Waals surface area contributed by atoms with E-state index in [4.69, 9.17) is 5.73 Å². The molecule has 1 aromatic heterocycles. The number of nitrogens with two attached hydrogens (primary N) is 1. The van der Waals surface area contributed by atoms with Gasteiger partial charge in [0.2, 0.25) is 0 Å². The molecule has 0 unspecified atom stereocenters. The molecule has 0 aliphatic rings. The molecule has 1 aromatic carbocycles. The second-order valence-corrected chi connectivity index (χ2v) is 6.02. The van der Waals surface area contributed by atoms with E-state index in [1.807, 2.05) is 19.1 Å². The van der Waals surface area contributed by atoms with Gasteiger partial charge in [-0.05, 0) is 24.6 Å². The molecule has 21 heavy (non-hydrogen) atoms. The molecule has 2 rings (SSSR count). The van der Waals surface area contributed by atoms with Crippen molar-refractivity contribution in [3.05, 3.63) is 53.9 Å². The molecule has 5 nitrogen and oxygen atoms in total. The number of rotatable bonds is 3. The van der Waals surface area contributed by atoms with E-state index in [0.29, 0.717) is 11.3 Å². The quantitative estimate of drug-likeness (QED) is 0.841. The Morgan fingerprint density at radius 2 is 2.05 bits per heavy atom. The molecule has 1 heterocycles. The van der Waals surface area contributed by atoms with Gasteiger partial charge >= 0.3 is 0 Å². The van der Waals surface area contributed by atoms with Crippen molar-refractivity contribution < 1.29 is 8.42 Å². The fourth-order valence-electron chi connectivity index (χ4n) is 1.68. The number of benzene rings is 1. The highest BCUT2D eigenvalue weighted by Gasteiger charge is 2.15. The highest BCUT2D eigenvalue weighted by molar-refractivity contribution is 7.92. The highest BCUT2D eigenvalue weighted by Crippen LogP contribution is 2.19. The topological polar surface area (TPSA) is 85.1 Å².